The highest BCUT2D eigenvalue weighted by atomic mass is 19.1. The molecule has 1 aliphatic heterocycles. The van der Waals surface area contributed by atoms with Crippen molar-refractivity contribution in [2.75, 3.05) is 13.1 Å². The fraction of sp³-hybridized carbons (Fsp3) is 0.438. The summed E-state index contributed by atoms with van der Waals surface area (Å²) in [5.41, 5.74) is 4.65. The van der Waals surface area contributed by atoms with Gasteiger partial charge in [0.05, 0.1) is 29.9 Å². The number of carboxylic acids is 1. The first-order chi connectivity index (χ1) is 19.2. The Balaban J connectivity index is 1.89. The summed E-state index contributed by atoms with van der Waals surface area (Å²) in [5, 5.41) is 29.8. The van der Waals surface area contributed by atoms with Crippen LogP contribution in [0.3, 0.4) is 0 Å². The molecule has 8 heteroatoms. The van der Waals surface area contributed by atoms with Gasteiger partial charge in [0.2, 0.25) is 0 Å². The van der Waals surface area contributed by atoms with Crippen LogP contribution in [0.15, 0.2) is 54.6 Å². The van der Waals surface area contributed by atoms with Crippen molar-refractivity contribution < 1.29 is 29.3 Å². The van der Waals surface area contributed by atoms with Gasteiger partial charge >= 0.3 is 5.97 Å². The lowest BCUT2D eigenvalue weighted by atomic mass is 9.93. The number of halogens is 1. The second-order valence-electron chi connectivity index (χ2n) is 10.9. The fourth-order valence-electron chi connectivity index (χ4n) is 5.73. The zero-order valence-corrected chi connectivity index (χ0v) is 23.2. The molecule has 40 heavy (non-hydrogen) atoms. The molecule has 2 heterocycles. The Morgan fingerprint density at radius 1 is 0.900 bits per heavy atom. The van der Waals surface area contributed by atoms with E-state index in [-0.39, 0.29) is 30.5 Å². The van der Waals surface area contributed by atoms with E-state index < -0.39 is 24.6 Å². The van der Waals surface area contributed by atoms with Gasteiger partial charge in [-0.25, -0.2) is 4.39 Å². The molecule has 1 fully saturated rings. The second kappa shape index (κ2) is 13.2. The maximum Gasteiger partial charge on any atom is 0.305 e. The van der Waals surface area contributed by atoms with Crippen molar-refractivity contribution >= 4 is 11.9 Å². The van der Waals surface area contributed by atoms with Gasteiger partial charge in [-0.2, -0.15) is 0 Å². The molecule has 1 saturated heterocycles. The lowest BCUT2D eigenvalue weighted by Crippen LogP contribution is -2.36. The first kappa shape index (κ1) is 29.5. The van der Waals surface area contributed by atoms with Gasteiger partial charge in [0.1, 0.15) is 5.82 Å². The maximum atomic E-state index is 14.3. The van der Waals surface area contributed by atoms with Gasteiger partial charge in [0.15, 0.2) is 0 Å². The molecule has 4 rings (SSSR count). The van der Waals surface area contributed by atoms with Crippen LogP contribution in [0.4, 0.5) is 4.39 Å². The van der Waals surface area contributed by atoms with Crippen LogP contribution in [0.2, 0.25) is 0 Å². The van der Waals surface area contributed by atoms with Crippen molar-refractivity contribution in [2.24, 2.45) is 0 Å². The van der Waals surface area contributed by atoms with Crippen molar-refractivity contribution in [3.05, 3.63) is 71.7 Å². The first-order valence-electron chi connectivity index (χ1n) is 14.1. The number of hydrogen-bond donors (Lipinski definition) is 3. The summed E-state index contributed by atoms with van der Waals surface area (Å²) >= 11 is 0. The number of nitrogens with zero attached hydrogens (tertiary/aromatic N) is 2. The van der Waals surface area contributed by atoms with E-state index in [1.54, 1.807) is 12.1 Å². The molecule has 0 radical (unpaired) electrons. The third-order valence-electron chi connectivity index (χ3n) is 7.53. The van der Waals surface area contributed by atoms with E-state index in [1.165, 1.54) is 12.1 Å². The van der Waals surface area contributed by atoms with Gasteiger partial charge < -0.3 is 24.8 Å². The number of aromatic nitrogens is 1. The smallest absolute Gasteiger partial charge is 0.305 e. The molecule has 3 aromatic rings. The Hall–Kier alpha value is -3.49. The van der Waals surface area contributed by atoms with Crippen LogP contribution >= 0.6 is 0 Å². The summed E-state index contributed by atoms with van der Waals surface area (Å²) in [7, 11) is 0. The molecule has 2 atom stereocenters. The summed E-state index contributed by atoms with van der Waals surface area (Å²) in [5.74, 6) is -1.56. The van der Waals surface area contributed by atoms with Gasteiger partial charge in [-0.15, -0.1) is 0 Å². The van der Waals surface area contributed by atoms with Crippen molar-refractivity contribution in [3.63, 3.8) is 0 Å². The van der Waals surface area contributed by atoms with Crippen LogP contribution in [-0.4, -0.2) is 62.0 Å². The van der Waals surface area contributed by atoms with E-state index in [0.717, 1.165) is 47.3 Å². The number of amides is 1. The molecule has 7 nitrogen and oxygen atoms in total. The van der Waals surface area contributed by atoms with Crippen LogP contribution in [0.1, 0.15) is 74.3 Å². The molecular weight excluding hydrogens is 511 g/mol. The topological polar surface area (TPSA) is 103 Å². The third-order valence-corrected chi connectivity index (χ3v) is 7.53. The molecule has 0 bridgehead atoms. The molecule has 0 aliphatic carbocycles. The Labute approximate surface area is 234 Å². The second-order valence-corrected chi connectivity index (χ2v) is 10.9. The third kappa shape index (κ3) is 6.80. The average Bonchev–Trinajstić information content (AvgIpc) is 3.27. The minimum atomic E-state index is -1.16. The normalized spacial score (nSPS) is 15.3. The standard InChI is InChI=1S/C32H39FN2O5/c1-21(2)30-29(32(40)34-16-7-4-8-17-34)28(22-9-5-3-6-10-22)31(23-11-13-24(33)14-12-23)35(30)18-15-25(36)19-26(37)20-27(38)39/h3,5-6,9-14,21,25-26,36-37H,4,7-8,15-20H2,1-2H3,(H,38,39)/t25-,26-/m1/s1. The number of likely N-dealkylation sites (tertiary alicyclic amines) is 1. The number of aliphatic carboxylic acids is 1. The number of carbonyl (C=O) groups is 2. The highest BCUT2D eigenvalue weighted by molar-refractivity contribution is 6.06. The maximum absolute atomic E-state index is 14.3. The van der Waals surface area contributed by atoms with Crippen molar-refractivity contribution in [2.45, 2.75) is 77.0 Å². The highest BCUT2D eigenvalue weighted by Gasteiger charge is 2.33. The highest BCUT2D eigenvalue weighted by Crippen LogP contribution is 2.43. The lowest BCUT2D eigenvalue weighted by molar-refractivity contribution is -0.139. The number of carbonyl (C=O) groups excluding carboxylic acids is 1. The Kier molecular flexibility index (Phi) is 9.76. The largest absolute Gasteiger partial charge is 0.481 e. The van der Waals surface area contributed by atoms with Crippen LogP contribution in [0.25, 0.3) is 22.4 Å². The van der Waals surface area contributed by atoms with Crippen LogP contribution in [-0.2, 0) is 11.3 Å². The number of piperidine rings is 1. The molecular formula is C32H39FN2O5. The lowest BCUT2D eigenvalue weighted by Gasteiger charge is -2.28. The molecule has 1 amide bonds. The SMILES string of the molecule is CC(C)c1c(C(=O)N2CCCCC2)c(-c2ccccc2)c(-c2ccc(F)cc2)n1CC[C@@H](O)C[C@@H](O)CC(=O)O. The number of aliphatic hydroxyl groups excluding tert-OH is 2. The molecule has 1 aliphatic rings. The van der Waals surface area contributed by atoms with Gasteiger partial charge in [-0.1, -0.05) is 44.2 Å². The minimum Gasteiger partial charge on any atom is -0.481 e. The average molecular weight is 551 g/mol. The number of rotatable bonds is 11. The predicted octanol–water partition coefficient (Wildman–Crippen LogP) is 5.69. The molecule has 0 saturated carbocycles. The zero-order chi connectivity index (χ0) is 28.8. The van der Waals surface area contributed by atoms with E-state index in [0.29, 0.717) is 25.2 Å². The van der Waals surface area contributed by atoms with E-state index in [9.17, 15) is 24.2 Å². The van der Waals surface area contributed by atoms with E-state index in [1.807, 2.05) is 49.1 Å². The van der Waals surface area contributed by atoms with Gasteiger partial charge in [-0.05, 0) is 73.4 Å². The van der Waals surface area contributed by atoms with Gasteiger partial charge in [-0.3, -0.25) is 9.59 Å². The van der Waals surface area contributed by atoms with Crippen molar-refractivity contribution in [1.82, 2.24) is 9.47 Å². The summed E-state index contributed by atoms with van der Waals surface area (Å²) in [6, 6.07) is 15.9. The Morgan fingerprint density at radius 2 is 1.55 bits per heavy atom. The predicted molar refractivity (Wildman–Crippen MR) is 153 cm³/mol. The molecule has 0 unspecified atom stereocenters. The first-order valence-corrected chi connectivity index (χ1v) is 14.1. The molecule has 1 aromatic heterocycles. The number of benzene rings is 2. The fourth-order valence-corrected chi connectivity index (χ4v) is 5.73. The molecule has 0 spiro atoms. The van der Waals surface area contributed by atoms with E-state index >= 15 is 0 Å². The van der Waals surface area contributed by atoms with E-state index in [2.05, 4.69) is 4.57 Å². The minimum absolute atomic E-state index is 0.0261. The Morgan fingerprint density at radius 3 is 2.15 bits per heavy atom. The summed E-state index contributed by atoms with van der Waals surface area (Å²) in [6.07, 6.45) is 0.644. The summed E-state index contributed by atoms with van der Waals surface area (Å²) in [4.78, 5) is 27.2. The van der Waals surface area contributed by atoms with Crippen LogP contribution < -0.4 is 0 Å². The van der Waals surface area contributed by atoms with Gasteiger partial charge in [0.25, 0.3) is 5.91 Å². The van der Waals surface area contributed by atoms with Crippen LogP contribution in [0, 0.1) is 5.82 Å². The van der Waals surface area contributed by atoms with E-state index in [4.69, 9.17) is 5.11 Å². The molecule has 3 N–H and O–H groups in total. The quantitative estimate of drug-likeness (QED) is 0.285. The Bertz CT molecular complexity index is 1300. The van der Waals surface area contributed by atoms with Crippen molar-refractivity contribution in [1.29, 1.82) is 0 Å². The summed E-state index contributed by atoms with van der Waals surface area (Å²) in [6.45, 7) is 5.79. The van der Waals surface area contributed by atoms with Crippen LogP contribution in [0.5, 0.6) is 0 Å². The molecule has 214 valence electrons. The number of aliphatic hydroxyl groups is 2. The zero-order valence-electron chi connectivity index (χ0n) is 23.2. The van der Waals surface area contributed by atoms with Gasteiger partial charge in [0, 0.05) is 30.9 Å². The molecule has 2 aromatic carbocycles. The summed E-state index contributed by atoms with van der Waals surface area (Å²) < 4.78 is 16.1. The number of carboxylic acid groups (broad SMARTS) is 1. The number of hydrogen-bond acceptors (Lipinski definition) is 4. The van der Waals surface area contributed by atoms with Crippen molar-refractivity contribution in [3.8, 4) is 22.4 Å². The monoisotopic (exact) mass is 550 g/mol.